The summed E-state index contributed by atoms with van der Waals surface area (Å²) in [5, 5.41) is 14.4. The number of hydrogen-bond donors (Lipinski definition) is 4. The average molecular weight is 396 g/mol. The average Bonchev–Trinajstić information content (AvgIpc) is 2.68. The summed E-state index contributed by atoms with van der Waals surface area (Å²) < 4.78 is 0. The number of benzene rings is 1. The van der Waals surface area contributed by atoms with Gasteiger partial charge >= 0.3 is 0 Å². The lowest BCUT2D eigenvalue weighted by Gasteiger charge is -2.18. The van der Waals surface area contributed by atoms with Gasteiger partial charge in [-0.25, -0.2) is 0 Å². The number of nitrogens with two attached hydrogens (primary N) is 1. The fourth-order valence-corrected chi connectivity index (χ4v) is 2.82. The highest BCUT2D eigenvalue weighted by molar-refractivity contribution is 6.11. The highest BCUT2D eigenvalue weighted by Crippen LogP contribution is 2.29. The Kier molecular flexibility index (Phi) is 7.30. The Morgan fingerprint density at radius 1 is 1.31 bits per heavy atom. The van der Waals surface area contributed by atoms with Crippen LogP contribution < -0.4 is 16.4 Å². The molecule has 1 aromatic heterocycles. The second kappa shape index (κ2) is 9.68. The van der Waals surface area contributed by atoms with Gasteiger partial charge in [0, 0.05) is 62.7 Å². The van der Waals surface area contributed by atoms with Crippen molar-refractivity contribution in [2.45, 2.75) is 26.3 Å². The summed E-state index contributed by atoms with van der Waals surface area (Å²) in [5.41, 5.74) is 8.72. The first-order valence-corrected chi connectivity index (χ1v) is 9.38. The van der Waals surface area contributed by atoms with E-state index in [-0.39, 0.29) is 30.8 Å². The minimum Gasteiger partial charge on any atom is -0.404 e. The highest BCUT2D eigenvalue weighted by atomic mass is 16.2. The molecule has 0 spiro atoms. The molecule has 0 fully saturated rings. The van der Waals surface area contributed by atoms with E-state index in [9.17, 15) is 9.59 Å². The minimum absolute atomic E-state index is 0.0557. The van der Waals surface area contributed by atoms with Crippen LogP contribution in [0.25, 0.3) is 16.5 Å². The molecule has 5 N–H and O–H groups in total. The van der Waals surface area contributed by atoms with Crippen LogP contribution in [-0.4, -0.2) is 54.6 Å². The summed E-state index contributed by atoms with van der Waals surface area (Å²) in [6, 6.07) is 5.62. The van der Waals surface area contributed by atoms with Crippen LogP contribution in [-0.2, 0) is 4.79 Å². The number of allylic oxidation sites excluding steroid dienone is 1. The third kappa shape index (κ3) is 5.31. The predicted octanol–water partition coefficient (Wildman–Crippen LogP) is 2.21. The number of aromatic nitrogens is 1. The lowest BCUT2D eigenvalue weighted by atomic mass is 10.0. The molecule has 0 unspecified atom stereocenters. The van der Waals surface area contributed by atoms with Crippen molar-refractivity contribution >= 4 is 40.2 Å². The number of fused-ring (bicyclic) bond motifs is 1. The van der Waals surface area contributed by atoms with Crippen molar-refractivity contribution < 1.29 is 9.59 Å². The van der Waals surface area contributed by atoms with Gasteiger partial charge in [-0.2, -0.15) is 0 Å². The highest BCUT2D eigenvalue weighted by Gasteiger charge is 2.17. The Labute approximate surface area is 170 Å². The molecule has 154 valence electrons. The first-order chi connectivity index (χ1) is 13.8. The van der Waals surface area contributed by atoms with Crippen LogP contribution in [0, 0.1) is 5.41 Å². The predicted molar refractivity (Wildman–Crippen MR) is 117 cm³/mol. The molecule has 2 amide bonds. The summed E-state index contributed by atoms with van der Waals surface area (Å²) in [5.74, 6) is -0.360. The van der Waals surface area contributed by atoms with E-state index in [0.29, 0.717) is 16.8 Å². The summed E-state index contributed by atoms with van der Waals surface area (Å²) in [6.45, 7) is 4.20. The molecule has 0 saturated carbocycles. The Morgan fingerprint density at radius 2 is 2.03 bits per heavy atom. The van der Waals surface area contributed by atoms with Crippen LogP contribution in [0.1, 0.15) is 36.2 Å². The maximum Gasteiger partial charge on any atom is 0.254 e. The van der Waals surface area contributed by atoms with Crippen LogP contribution in [0.2, 0.25) is 0 Å². The molecular formula is C21H28N6O2. The molecule has 29 heavy (non-hydrogen) atoms. The molecule has 0 saturated heterocycles. The van der Waals surface area contributed by atoms with E-state index in [1.54, 1.807) is 14.1 Å². The number of carbonyl (C=O) groups excluding carboxylic acids is 2. The minimum atomic E-state index is -0.304. The third-order valence-electron chi connectivity index (χ3n) is 4.34. The van der Waals surface area contributed by atoms with E-state index in [0.717, 1.165) is 16.5 Å². The summed E-state index contributed by atoms with van der Waals surface area (Å²) in [6.07, 6.45) is 4.31. The molecule has 0 radical (unpaired) electrons. The van der Waals surface area contributed by atoms with Gasteiger partial charge < -0.3 is 26.7 Å². The number of hydrogen-bond acceptors (Lipinski definition) is 6. The molecular weight excluding hydrogens is 368 g/mol. The van der Waals surface area contributed by atoms with E-state index < -0.39 is 0 Å². The van der Waals surface area contributed by atoms with Crippen molar-refractivity contribution in [3.63, 3.8) is 0 Å². The largest absolute Gasteiger partial charge is 0.404 e. The van der Waals surface area contributed by atoms with Gasteiger partial charge in [-0.1, -0.05) is 6.07 Å². The molecule has 1 aromatic carbocycles. The van der Waals surface area contributed by atoms with Gasteiger partial charge in [0.15, 0.2) is 0 Å². The van der Waals surface area contributed by atoms with Gasteiger partial charge in [-0.05, 0) is 31.5 Å². The van der Waals surface area contributed by atoms with Crippen molar-refractivity contribution in [3.8, 4) is 0 Å². The van der Waals surface area contributed by atoms with Crippen molar-refractivity contribution in [2.75, 3.05) is 26.0 Å². The van der Waals surface area contributed by atoms with Crippen LogP contribution in [0.5, 0.6) is 0 Å². The Balaban J connectivity index is 2.44. The molecule has 8 heteroatoms. The van der Waals surface area contributed by atoms with Crippen LogP contribution in [0.3, 0.4) is 0 Å². The van der Waals surface area contributed by atoms with Crippen LogP contribution >= 0.6 is 0 Å². The van der Waals surface area contributed by atoms with Crippen molar-refractivity contribution in [2.24, 2.45) is 5.73 Å². The van der Waals surface area contributed by atoms with E-state index in [4.69, 9.17) is 11.1 Å². The fourth-order valence-electron chi connectivity index (χ4n) is 2.82. The van der Waals surface area contributed by atoms with Gasteiger partial charge in [0.05, 0.1) is 16.8 Å². The van der Waals surface area contributed by atoms with E-state index >= 15 is 0 Å². The van der Waals surface area contributed by atoms with Crippen molar-refractivity contribution in [1.82, 2.24) is 15.2 Å². The second-order valence-electron chi connectivity index (χ2n) is 7.14. The summed E-state index contributed by atoms with van der Waals surface area (Å²) in [4.78, 5) is 30.4. The van der Waals surface area contributed by atoms with Gasteiger partial charge in [0.2, 0.25) is 5.91 Å². The molecule has 0 aliphatic heterocycles. The molecule has 0 aliphatic rings. The maximum atomic E-state index is 12.8. The number of nitrogens with one attached hydrogen (secondary N) is 3. The summed E-state index contributed by atoms with van der Waals surface area (Å²) in [7, 11) is 3.36. The fraction of sp³-hybridized carbons (Fsp3) is 0.333. The lowest BCUT2D eigenvalue weighted by molar-refractivity contribution is -0.128. The first-order valence-electron chi connectivity index (χ1n) is 9.38. The van der Waals surface area contributed by atoms with Crippen molar-refractivity contribution in [1.29, 1.82) is 5.41 Å². The molecule has 8 nitrogen and oxygen atoms in total. The Morgan fingerprint density at radius 3 is 2.62 bits per heavy atom. The molecule has 0 atom stereocenters. The number of amides is 2. The topological polar surface area (TPSA) is 124 Å². The number of rotatable bonds is 8. The zero-order valence-corrected chi connectivity index (χ0v) is 17.2. The van der Waals surface area contributed by atoms with Crippen molar-refractivity contribution in [3.05, 3.63) is 41.7 Å². The third-order valence-corrected chi connectivity index (χ3v) is 4.34. The lowest BCUT2D eigenvalue weighted by Crippen LogP contribution is -2.31. The SMILES string of the molecule is CC(C)Nc1c(C(=O)NCCC(=O)N(C)C)cnc2ccc(/C(C=N)=C/N)cc12. The molecule has 2 aromatic rings. The van der Waals surface area contributed by atoms with Gasteiger partial charge in [-0.3, -0.25) is 14.6 Å². The number of anilines is 1. The van der Waals surface area contributed by atoms with Gasteiger partial charge in [-0.15, -0.1) is 0 Å². The molecule has 0 aliphatic carbocycles. The van der Waals surface area contributed by atoms with Crippen LogP contribution in [0.15, 0.2) is 30.6 Å². The maximum absolute atomic E-state index is 12.8. The summed E-state index contributed by atoms with van der Waals surface area (Å²) >= 11 is 0. The monoisotopic (exact) mass is 396 g/mol. The second-order valence-corrected chi connectivity index (χ2v) is 7.14. The standard InChI is InChI=1S/C21H28N6O2/c1-13(2)26-20-16-9-14(15(10-22)11-23)5-6-18(16)25-12-17(20)21(29)24-8-7-19(28)27(3)4/h5-6,9-13,22H,7-8,23H2,1-4H3,(H,24,29)(H,25,26)/b15-11+,22-10?. The van der Waals surface area contributed by atoms with E-state index in [2.05, 4.69) is 15.6 Å². The first kappa shape index (κ1) is 21.9. The Hall–Kier alpha value is -3.42. The number of carbonyl (C=O) groups is 2. The Bertz CT molecular complexity index is 950. The van der Waals surface area contributed by atoms with E-state index in [1.807, 2.05) is 32.0 Å². The zero-order chi connectivity index (χ0) is 21.6. The number of pyridine rings is 1. The number of nitrogens with zero attached hydrogens (tertiary/aromatic N) is 2. The quantitative estimate of drug-likeness (QED) is 0.509. The van der Waals surface area contributed by atoms with Crippen LogP contribution in [0.4, 0.5) is 5.69 Å². The van der Waals surface area contributed by atoms with E-state index in [1.165, 1.54) is 23.5 Å². The zero-order valence-electron chi connectivity index (χ0n) is 17.2. The smallest absolute Gasteiger partial charge is 0.254 e. The normalized spacial score (nSPS) is 11.4. The van der Waals surface area contributed by atoms with Gasteiger partial charge in [0.1, 0.15) is 0 Å². The molecule has 0 bridgehead atoms. The molecule has 1 heterocycles. The molecule has 2 rings (SSSR count). The van der Waals surface area contributed by atoms with Gasteiger partial charge in [0.25, 0.3) is 5.91 Å².